The number of hydrogen-bond acceptors (Lipinski definition) is 5. The number of thiocarbonyl (C=S) groups is 1. The summed E-state index contributed by atoms with van der Waals surface area (Å²) in [7, 11) is 0. The van der Waals surface area contributed by atoms with Gasteiger partial charge in [0.05, 0.1) is 31.0 Å². The van der Waals surface area contributed by atoms with Crippen molar-refractivity contribution < 1.29 is 9.47 Å². The van der Waals surface area contributed by atoms with Gasteiger partial charge in [0.25, 0.3) is 0 Å². The molecule has 0 spiro atoms. The van der Waals surface area contributed by atoms with Gasteiger partial charge in [-0.15, -0.1) is 0 Å². The summed E-state index contributed by atoms with van der Waals surface area (Å²) in [5.74, 6) is 1.58. The van der Waals surface area contributed by atoms with Crippen LogP contribution < -0.4 is 19.9 Å². The zero-order valence-corrected chi connectivity index (χ0v) is 25.7. The lowest BCUT2D eigenvalue weighted by molar-refractivity contribution is 0.122. The van der Waals surface area contributed by atoms with Gasteiger partial charge in [-0.05, 0) is 110 Å². The highest BCUT2D eigenvalue weighted by molar-refractivity contribution is 7.80. The second-order valence-corrected chi connectivity index (χ2v) is 11.6. The zero-order chi connectivity index (χ0) is 30.0. The van der Waals surface area contributed by atoms with Crippen LogP contribution in [0, 0.1) is 13.8 Å². The third-order valence-electron chi connectivity index (χ3n) is 8.46. The van der Waals surface area contributed by atoms with E-state index in [0.29, 0.717) is 5.11 Å². The molecule has 0 radical (unpaired) electrons. The van der Waals surface area contributed by atoms with Gasteiger partial charge in [0.1, 0.15) is 11.5 Å². The van der Waals surface area contributed by atoms with E-state index in [1.54, 1.807) is 0 Å². The van der Waals surface area contributed by atoms with Gasteiger partial charge < -0.3 is 29.2 Å². The number of ether oxygens (including phenoxy) is 2. The molecule has 0 bridgehead atoms. The summed E-state index contributed by atoms with van der Waals surface area (Å²) in [4.78, 5) is 9.34. The van der Waals surface area contributed by atoms with Crippen molar-refractivity contribution in [2.75, 3.05) is 36.1 Å². The number of pyridine rings is 1. The molecule has 7 nitrogen and oxygen atoms in total. The van der Waals surface area contributed by atoms with Crippen molar-refractivity contribution >= 4 is 28.7 Å². The first-order valence-electron chi connectivity index (χ1n) is 15.0. The van der Waals surface area contributed by atoms with Crippen LogP contribution in [0.3, 0.4) is 0 Å². The monoisotopic (exact) mass is 601 g/mol. The number of aryl methyl sites for hydroxylation is 1. The number of hydrogen-bond donors (Lipinski definition) is 1. The normalized spacial score (nSPS) is 18.4. The lowest BCUT2D eigenvalue weighted by atomic mass is 9.96. The number of benzene rings is 3. The van der Waals surface area contributed by atoms with Crippen molar-refractivity contribution in [2.24, 2.45) is 0 Å². The maximum atomic E-state index is 6.07. The minimum absolute atomic E-state index is 0.106. The molecule has 2 aliphatic rings. The molecule has 222 valence electrons. The Kier molecular flexibility index (Phi) is 7.77. The Labute approximate surface area is 263 Å². The van der Waals surface area contributed by atoms with Gasteiger partial charge in [0, 0.05) is 47.7 Å². The molecule has 44 heavy (non-hydrogen) atoms. The lowest BCUT2D eigenvalue weighted by Gasteiger charge is -2.29. The summed E-state index contributed by atoms with van der Waals surface area (Å²) >= 11 is 6.00. The van der Waals surface area contributed by atoms with Gasteiger partial charge >= 0.3 is 0 Å². The molecule has 2 aromatic heterocycles. The van der Waals surface area contributed by atoms with Crippen molar-refractivity contribution in [3.8, 4) is 17.2 Å². The topological polar surface area (TPSA) is 54.8 Å². The molecule has 2 saturated heterocycles. The van der Waals surface area contributed by atoms with Crippen molar-refractivity contribution in [2.45, 2.75) is 25.9 Å². The maximum Gasteiger partial charge on any atom is 0.174 e. The van der Waals surface area contributed by atoms with Crippen LogP contribution in [-0.4, -0.2) is 41.0 Å². The molecule has 0 saturated carbocycles. The van der Waals surface area contributed by atoms with Crippen LogP contribution in [0.2, 0.25) is 0 Å². The number of nitrogens with one attached hydrogen (secondary N) is 1. The van der Waals surface area contributed by atoms with Gasteiger partial charge in [0.15, 0.2) is 5.11 Å². The minimum Gasteiger partial charge on any atom is -0.457 e. The number of nitrogens with zero attached hydrogens (tertiary/aromatic N) is 4. The molecule has 0 aliphatic carbocycles. The molecule has 4 heterocycles. The van der Waals surface area contributed by atoms with Crippen molar-refractivity contribution in [3.05, 3.63) is 132 Å². The first-order valence-corrected chi connectivity index (χ1v) is 15.4. The molecule has 8 heteroatoms. The number of rotatable bonds is 7. The van der Waals surface area contributed by atoms with Crippen LogP contribution >= 0.6 is 12.2 Å². The fourth-order valence-corrected chi connectivity index (χ4v) is 6.71. The summed E-state index contributed by atoms with van der Waals surface area (Å²) in [6, 6.07) is 34.9. The number of para-hydroxylation sites is 1. The van der Waals surface area contributed by atoms with Crippen LogP contribution in [0.25, 0.3) is 5.69 Å². The molecule has 7 rings (SSSR count). The number of morpholine rings is 1. The van der Waals surface area contributed by atoms with Crippen molar-refractivity contribution in [3.63, 3.8) is 0 Å². The van der Waals surface area contributed by atoms with Gasteiger partial charge in [0.2, 0.25) is 0 Å². The maximum absolute atomic E-state index is 6.07. The number of anilines is 2. The standard InChI is InChI=1S/C36H35N5O2S/c1-25-24-32(26(2)40(25)28-13-11-27(12-14-28)39-20-22-42-23-21-39)35-34(33-10-6-7-19-37-33)38-36(44)41(35)29-15-17-31(18-16-29)43-30-8-4-3-5-9-30/h3-19,24,34-35H,20-23H2,1-2H3,(H,38,44)/t34-,35-/m0/s1. The van der Waals surface area contributed by atoms with Crippen LogP contribution in [-0.2, 0) is 4.74 Å². The Bertz CT molecular complexity index is 1730. The lowest BCUT2D eigenvalue weighted by Crippen LogP contribution is -2.36. The summed E-state index contributed by atoms with van der Waals surface area (Å²) in [6.45, 7) is 7.75. The largest absolute Gasteiger partial charge is 0.457 e. The van der Waals surface area contributed by atoms with Crippen molar-refractivity contribution in [1.82, 2.24) is 14.9 Å². The predicted molar refractivity (Wildman–Crippen MR) is 179 cm³/mol. The van der Waals surface area contributed by atoms with Crippen LogP contribution in [0.1, 0.15) is 34.7 Å². The average molecular weight is 602 g/mol. The molecule has 5 aromatic rings. The smallest absolute Gasteiger partial charge is 0.174 e. The minimum atomic E-state index is -0.124. The van der Waals surface area contributed by atoms with E-state index in [2.05, 4.69) is 82.1 Å². The van der Waals surface area contributed by atoms with E-state index >= 15 is 0 Å². The highest BCUT2D eigenvalue weighted by atomic mass is 32.1. The Hall–Kier alpha value is -4.66. The van der Waals surface area contributed by atoms with Crippen LogP contribution in [0.15, 0.2) is 109 Å². The molecular formula is C36H35N5O2S. The Balaban J connectivity index is 1.24. The quantitative estimate of drug-likeness (QED) is 0.197. The Morgan fingerprint density at radius 2 is 1.45 bits per heavy atom. The van der Waals surface area contributed by atoms with Gasteiger partial charge in [-0.25, -0.2) is 0 Å². The van der Waals surface area contributed by atoms with Crippen molar-refractivity contribution in [1.29, 1.82) is 0 Å². The highest BCUT2D eigenvalue weighted by Gasteiger charge is 2.42. The Morgan fingerprint density at radius 1 is 0.795 bits per heavy atom. The molecular weight excluding hydrogens is 566 g/mol. The van der Waals surface area contributed by atoms with E-state index in [4.69, 9.17) is 26.7 Å². The molecule has 2 atom stereocenters. The van der Waals surface area contributed by atoms with Crippen LogP contribution in [0.4, 0.5) is 11.4 Å². The van der Waals surface area contributed by atoms with E-state index in [1.807, 2.05) is 60.8 Å². The van der Waals surface area contributed by atoms with Gasteiger partial charge in [-0.2, -0.15) is 0 Å². The fraction of sp³-hybridized carbons (Fsp3) is 0.222. The van der Waals surface area contributed by atoms with Gasteiger partial charge in [-0.3, -0.25) is 4.98 Å². The van der Waals surface area contributed by atoms with E-state index in [0.717, 1.165) is 54.9 Å². The summed E-state index contributed by atoms with van der Waals surface area (Å²) in [6.07, 6.45) is 1.84. The third kappa shape index (κ3) is 5.42. The molecule has 0 amide bonds. The van der Waals surface area contributed by atoms with E-state index < -0.39 is 0 Å². The predicted octanol–water partition coefficient (Wildman–Crippen LogP) is 7.30. The molecule has 2 fully saturated rings. The van der Waals surface area contributed by atoms with Gasteiger partial charge in [-0.1, -0.05) is 24.3 Å². The molecule has 3 aromatic carbocycles. The number of aromatic nitrogens is 2. The summed E-state index contributed by atoms with van der Waals surface area (Å²) in [5.41, 5.74) is 7.85. The summed E-state index contributed by atoms with van der Waals surface area (Å²) < 4.78 is 13.9. The second kappa shape index (κ2) is 12.1. The first kappa shape index (κ1) is 28.1. The van der Waals surface area contributed by atoms with E-state index in [-0.39, 0.29) is 12.1 Å². The fourth-order valence-electron chi connectivity index (χ4n) is 6.37. The van der Waals surface area contributed by atoms with E-state index in [9.17, 15) is 0 Å². The Morgan fingerprint density at radius 3 is 2.16 bits per heavy atom. The third-order valence-corrected chi connectivity index (χ3v) is 8.78. The molecule has 1 N–H and O–H groups in total. The molecule has 2 aliphatic heterocycles. The SMILES string of the molecule is Cc1cc([C@H]2[C@H](c3ccccn3)NC(=S)N2c2ccc(Oc3ccccc3)cc2)c(C)n1-c1ccc(N2CCOCC2)cc1. The average Bonchev–Trinajstić information content (AvgIpc) is 3.57. The van der Waals surface area contributed by atoms with Crippen LogP contribution in [0.5, 0.6) is 11.5 Å². The summed E-state index contributed by atoms with van der Waals surface area (Å²) in [5, 5.41) is 4.27. The second-order valence-electron chi connectivity index (χ2n) is 11.2. The highest BCUT2D eigenvalue weighted by Crippen LogP contribution is 2.44. The zero-order valence-electron chi connectivity index (χ0n) is 24.9. The van der Waals surface area contributed by atoms with E-state index in [1.165, 1.54) is 22.6 Å². The molecule has 0 unspecified atom stereocenters. The first-order chi connectivity index (χ1) is 21.6.